The second-order valence-electron chi connectivity index (χ2n) is 3.73. The normalized spacial score (nSPS) is 9.39. The molecule has 0 bridgehead atoms. The fourth-order valence-electron chi connectivity index (χ4n) is 1.56. The van der Waals surface area contributed by atoms with Gasteiger partial charge in [0.2, 0.25) is 0 Å². The molecule has 1 nitrogen and oxygen atoms in total. The van der Waals surface area contributed by atoms with E-state index in [1.807, 2.05) is 25.1 Å². The average molecular weight is 256 g/mol. The van der Waals surface area contributed by atoms with Gasteiger partial charge in [0.25, 0.3) is 0 Å². The molecule has 0 aliphatic carbocycles. The van der Waals surface area contributed by atoms with Crippen molar-refractivity contribution < 1.29 is 4.43 Å². The summed E-state index contributed by atoms with van der Waals surface area (Å²) in [7, 11) is 0.890. The Morgan fingerprint density at radius 2 is 1.61 bits per heavy atom. The van der Waals surface area contributed by atoms with Crippen molar-refractivity contribution in [3.63, 3.8) is 0 Å². The molecule has 0 aliphatic rings. The third-order valence-electron chi connectivity index (χ3n) is 2.55. The second kappa shape index (κ2) is 8.45. The Labute approximate surface area is 113 Å². The Hall–Kier alpha value is -1.64. The van der Waals surface area contributed by atoms with Crippen LogP contribution in [0.2, 0.25) is 0 Å². The first kappa shape index (κ1) is 14.4. The Morgan fingerprint density at radius 1 is 1.06 bits per heavy atom. The predicted molar refractivity (Wildman–Crippen MR) is 83.5 cm³/mol. The fourth-order valence-corrected chi connectivity index (χ4v) is 1.56. The lowest BCUT2D eigenvalue weighted by atomic mass is 10.00. The molecule has 0 radical (unpaired) electrons. The van der Waals surface area contributed by atoms with Gasteiger partial charge in [-0.2, -0.15) is 0 Å². The highest BCUT2D eigenvalue weighted by Crippen LogP contribution is 2.23. The molecule has 2 rings (SSSR count). The quantitative estimate of drug-likeness (QED) is 0.766. The van der Waals surface area contributed by atoms with Crippen LogP contribution in [0.1, 0.15) is 12.5 Å². The lowest BCUT2D eigenvalue weighted by Crippen LogP contribution is -1.81. The van der Waals surface area contributed by atoms with Gasteiger partial charge in [0.05, 0.1) is 0 Å². The summed E-state index contributed by atoms with van der Waals surface area (Å²) in [5.74, 6) is 0. The zero-order valence-electron chi connectivity index (χ0n) is 11.1. The maximum absolute atomic E-state index is 4.68. The van der Waals surface area contributed by atoms with Crippen molar-refractivity contribution in [3.8, 4) is 11.1 Å². The minimum absolute atomic E-state index is 0.881. The first-order valence-electron chi connectivity index (χ1n) is 6.09. The molecule has 18 heavy (non-hydrogen) atoms. The van der Waals surface area contributed by atoms with E-state index in [2.05, 4.69) is 53.5 Å². The third kappa shape index (κ3) is 4.32. The molecule has 0 N–H and O–H groups in total. The van der Waals surface area contributed by atoms with E-state index in [1.165, 1.54) is 16.7 Å². The molecule has 0 saturated heterocycles. The molecule has 2 heteroatoms. The molecule has 2 aromatic carbocycles. The zero-order chi connectivity index (χ0) is 13.2. The summed E-state index contributed by atoms with van der Waals surface area (Å²) < 4.78 is 4.68. The molecule has 0 saturated carbocycles. The second-order valence-corrected chi connectivity index (χ2v) is 4.31. The van der Waals surface area contributed by atoms with E-state index < -0.39 is 0 Å². The van der Waals surface area contributed by atoms with Crippen LogP contribution in [0, 0.1) is 0 Å². The van der Waals surface area contributed by atoms with Gasteiger partial charge in [-0.05, 0) is 23.6 Å². The molecular formula is C16H20OSi. The van der Waals surface area contributed by atoms with Gasteiger partial charge in [-0.15, -0.1) is 0 Å². The highest BCUT2D eigenvalue weighted by molar-refractivity contribution is 5.97. The SMILES string of the molecule is C=Cc1ccccc1-c1ccccc1.CCO[SiH3]. The first-order chi connectivity index (χ1) is 8.83. The molecule has 0 spiro atoms. The van der Waals surface area contributed by atoms with E-state index in [4.69, 9.17) is 0 Å². The summed E-state index contributed by atoms with van der Waals surface area (Å²) in [6.07, 6.45) is 1.89. The lowest BCUT2D eigenvalue weighted by molar-refractivity contribution is 0.375. The van der Waals surface area contributed by atoms with Crippen LogP contribution in [0.5, 0.6) is 0 Å². The van der Waals surface area contributed by atoms with Crippen molar-refractivity contribution >= 4 is 16.6 Å². The molecule has 0 aliphatic heterocycles. The monoisotopic (exact) mass is 256 g/mol. The van der Waals surface area contributed by atoms with Crippen LogP contribution in [0.3, 0.4) is 0 Å². The number of hydrogen-bond donors (Lipinski definition) is 0. The van der Waals surface area contributed by atoms with Gasteiger partial charge in [0, 0.05) is 6.61 Å². The van der Waals surface area contributed by atoms with E-state index in [9.17, 15) is 0 Å². The summed E-state index contributed by atoms with van der Waals surface area (Å²) in [5.41, 5.74) is 3.66. The van der Waals surface area contributed by atoms with E-state index >= 15 is 0 Å². The summed E-state index contributed by atoms with van der Waals surface area (Å²) in [4.78, 5) is 0. The Morgan fingerprint density at radius 3 is 2.17 bits per heavy atom. The van der Waals surface area contributed by atoms with Crippen molar-refractivity contribution in [2.24, 2.45) is 0 Å². The van der Waals surface area contributed by atoms with Crippen LogP contribution < -0.4 is 0 Å². The van der Waals surface area contributed by atoms with Crippen molar-refractivity contribution in [1.29, 1.82) is 0 Å². The number of rotatable bonds is 3. The van der Waals surface area contributed by atoms with Gasteiger partial charge in [-0.3, -0.25) is 0 Å². The molecule has 0 atom stereocenters. The zero-order valence-corrected chi connectivity index (χ0v) is 13.1. The van der Waals surface area contributed by atoms with Crippen molar-refractivity contribution in [2.45, 2.75) is 6.92 Å². The molecule has 0 amide bonds. The molecule has 0 aromatic heterocycles. The summed E-state index contributed by atoms with van der Waals surface area (Å²) >= 11 is 0. The van der Waals surface area contributed by atoms with Crippen LogP contribution in [-0.4, -0.2) is 17.1 Å². The van der Waals surface area contributed by atoms with E-state index in [-0.39, 0.29) is 0 Å². The summed E-state index contributed by atoms with van der Waals surface area (Å²) in [5, 5.41) is 0. The van der Waals surface area contributed by atoms with Gasteiger partial charge in [0.15, 0.2) is 0 Å². The van der Waals surface area contributed by atoms with Crippen LogP contribution in [-0.2, 0) is 4.43 Å². The number of hydrogen-bond acceptors (Lipinski definition) is 1. The van der Waals surface area contributed by atoms with E-state index in [1.54, 1.807) is 0 Å². The van der Waals surface area contributed by atoms with Gasteiger partial charge in [-0.25, -0.2) is 0 Å². The predicted octanol–water partition coefficient (Wildman–Crippen LogP) is 3.30. The molecule has 94 valence electrons. The lowest BCUT2D eigenvalue weighted by Gasteiger charge is -2.04. The summed E-state index contributed by atoms with van der Waals surface area (Å²) in [6.45, 7) is 6.69. The maximum atomic E-state index is 4.68. The highest BCUT2D eigenvalue weighted by atomic mass is 28.2. The van der Waals surface area contributed by atoms with Crippen LogP contribution in [0.25, 0.3) is 17.2 Å². The van der Waals surface area contributed by atoms with Crippen LogP contribution in [0.4, 0.5) is 0 Å². The fraction of sp³-hybridized carbons (Fsp3) is 0.125. The largest absolute Gasteiger partial charge is 0.428 e. The minimum atomic E-state index is 0.881. The van der Waals surface area contributed by atoms with Crippen molar-refractivity contribution in [1.82, 2.24) is 0 Å². The summed E-state index contributed by atoms with van der Waals surface area (Å²) in [6, 6.07) is 18.6. The molecule has 2 aromatic rings. The smallest absolute Gasteiger partial charge is 0.145 e. The van der Waals surface area contributed by atoms with Crippen LogP contribution >= 0.6 is 0 Å². The Kier molecular flexibility index (Phi) is 6.77. The molecule has 0 heterocycles. The third-order valence-corrected chi connectivity index (χ3v) is 3.13. The maximum Gasteiger partial charge on any atom is 0.145 e. The standard InChI is InChI=1S/C14H12.C2H8OSi/c1-2-12-8-6-7-11-14(12)13-9-4-3-5-10-13;1-2-3-4/h2-11H,1H2;2H2,1,4H3. The van der Waals surface area contributed by atoms with Gasteiger partial charge in [-0.1, -0.05) is 67.3 Å². The van der Waals surface area contributed by atoms with Gasteiger partial charge in [0.1, 0.15) is 10.5 Å². The highest BCUT2D eigenvalue weighted by Gasteiger charge is 1.99. The van der Waals surface area contributed by atoms with Crippen molar-refractivity contribution in [3.05, 3.63) is 66.7 Å². The molecule has 0 fully saturated rings. The average Bonchev–Trinajstić information content (AvgIpc) is 2.48. The van der Waals surface area contributed by atoms with E-state index in [0.29, 0.717) is 0 Å². The molecule has 0 unspecified atom stereocenters. The topological polar surface area (TPSA) is 9.23 Å². The van der Waals surface area contributed by atoms with Crippen molar-refractivity contribution in [2.75, 3.05) is 6.61 Å². The van der Waals surface area contributed by atoms with E-state index in [0.717, 1.165) is 17.1 Å². The number of benzene rings is 2. The first-order valence-corrected chi connectivity index (χ1v) is 6.91. The van der Waals surface area contributed by atoms with Gasteiger partial charge < -0.3 is 4.43 Å². The van der Waals surface area contributed by atoms with Crippen LogP contribution in [0.15, 0.2) is 61.2 Å². The Bertz CT molecular complexity index is 464. The van der Waals surface area contributed by atoms with Gasteiger partial charge >= 0.3 is 0 Å². The minimum Gasteiger partial charge on any atom is -0.428 e. The molecular weight excluding hydrogens is 236 g/mol. The Balaban J connectivity index is 0.000000357.